The van der Waals surface area contributed by atoms with E-state index in [0.29, 0.717) is 11.4 Å². The molecule has 0 radical (unpaired) electrons. The lowest BCUT2D eigenvalue weighted by atomic mass is 10.1. The molecule has 0 aliphatic carbocycles. The van der Waals surface area contributed by atoms with Gasteiger partial charge in [-0.15, -0.1) is 0 Å². The monoisotopic (exact) mass is 443 g/mol. The molecule has 0 amide bonds. The molecule has 2 N–H and O–H groups in total. The molecule has 0 spiro atoms. The van der Waals surface area contributed by atoms with Gasteiger partial charge in [-0.25, -0.2) is 17.6 Å². The first kappa shape index (κ1) is 23.3. The van der Waals surface area contributed by atoms with Crippen LogP contribution >= 0.6 is 0 Å². The summed E-state index contributed by atoms with van der Waals surface area (Å²) in [6, 6.07) is 7.60. The van der Waals surface area contributed by atoms with Gasteiger partial charge < -0.3 is 5.43 Å². The smallest absolute Gasteiger partial charge is 0.199 e. The first-order chi connectivity index (χ1) is 15.0. The van der Waals surface area contributed by atoms with Crippen molar-refractivity contribution in [2.24, 2.45) is 4.99 Å². The minimum atomic E-state index is -1.90. The Bertz CT molecular complexity index is 1190. The maximum absolute atomic E-state index is 14.7. The van der Waals surface area contributed by atoms with Crippen LogP contribution in [-0.4, -0.2) is 6.21 Å². The molecular weight excluding hydrogens is 418 g/mol. The maximum Gasteiger partial charge on any atom is 0.199 e. The minimum absolute atomic E-state index is 0.532. The third-order valence-electron chi connectivity index (χ3n) is 5.25. The molecule has 0 saturated carbocycles. The molecule has 0 atom stereocenters. The van der Waals surface area contributed by atoms with Gasteiger partial charge in [0.05, 0.1) is 16.9 Å². The highest BCUT2D eigenvalue weighted by atomic mass is 19.2. The Morgan fingerprint density at radius 3 is 1.56 bits per heavy atom. The van der Waals surface area contributed by atoms with E-state index in [9.17, 15) is 17.6 Å². The molecule has 0 bridgehead atoms. The number of hydrogen-bond donors (Lipinski definition) is 2. The Kier molecular flexibility index (Phi) is 6.57. The predicted molar refractivity (Wildman–Crippen MR) is 122 cm³/mol. The maximum atomic E-state index is 14.7. The van der Waals surface area contributed by atoms with Crippen LogP contribution in [0.3, 0.4) is 0 Å². The molecule has 168 valence electrons. The average Bonchev–Trinajstić information content (AvgIpc) is 2.69. The Morgan fingerprint density at radius 1 is 0.594 bits per heavy atom. The normalized spacial score (nSPS) is 11.3. The Morgan fingerprint density at radius 2 is 1.03 bits per heavy atom. The second-order valence-corrected chi connectivity index (χ2v) is 8.07. The number of benzene rings is 3. The third kappa shape index (κ3) is 4.47. The molecule has 7 heteroatoms. The van der Waals surface area contributed by atoms with Crippen LogP contribution in [0.2, 0.25) is 0 Å². The molecule has 0 aliphatic rings. The van der Waals surface area contributed by atoms with Gasteiger partial charge in [-0.1, -0.05) is 35.4 Å². The van der Waals surface area contributed by atoms with Gasteiger partial charge in [-0.05, 0) is 63.8 Å². The number of anilines is 2. The molecule has 0 aliphatic heterocycles. The van der Waals surface area contributed by atoms with Crippen molar-refractivity contribution in [1.82, 2.24) is 0 Å². The largest absolute Gasteiger partial charge is 0.300 e. The van der Waals surface area contributed by atoms with Crippen LogP contribution in [0.5, 0.6) is 0 Å². The van der Waals surface area contributed by atoms with Crippen molar-refractivity contribution in [2.45, 2.75) is 41.5 Å². The lowest BCUT2D eigenvalue weighted by Crippen LogP contribution is -2.17. The number of aryl methyl sites for hydroxylation is 6. The van der Waals surface area contributed by atoms with Crippen molar-refractivity contribution in [3.05, 3.63) is 86.5 Å². The number of hydrazine groups is 1. The molecule has 0 aromatic heterocycles. The first-order valence-electron chi connectivity index (χ1n) is 10.1. The molecule has 0 heterocycles. The summed E-state index contributed by atoms with van der Waals surface area (Å²) in [5, 5.41) is 0. The van der Waals surface area contributed by atoms with E-state index in [4.69, 9.17) is 0 Å². The van der Waals surface area contributed by atoms with Crippen LogP contribution in [0.4, 0.5) is 34.6 Å². The van der Waals surface area contributed by atoms with E-state index in [1.165, 1.54) is 0 Å². The van der Waals surface area contributed by atoms with Crippen molar-refractivity contribution >= 4 is 23.3 Å². The number of nitrogens with zero attached hydrogens (tertiary/aromatic N) is 1. The van der Waals surface area contributed by atoms with E-state index >= 15 is 0 Å². The van der Waals surface area contributed by atoms with Crippen LogP contribution in [0.25, 0.3) is 0 Å². The molecule has 3 aromatic rings. The van der Waals surface area contributed by atoms with Gasteiger partial charge in [-0.2, -0.15) is 0 Å². The highest BCUT2D eigenvalue weighted by Crippen LogP contribution is 2.31. The van der Waals surface area contributed by atoms with Crippen molar-refractivity contribution in [3.63, 3.8) is 0 Å². The van der Waals surface area contributed by atoms with Gasteiger partial charge in [0, 0.05) is 6.21 Å². The average molecular weight is 443 g/mol. The topological polar surface area (TPSA) is 36.4 Å². The van der Waals surface area contributed by atoms with Gasteiger partial charge in [0.2, 0.25) is 0 Å². The zero-order chi connectivity index (χ0) is 23.7. The van der Waals surface area contributed by atoms with E-state index in [1.54, 1.807) is 0 Å². The molecular formula is C25H25F4N3. The predicted octanol–water partition coefficient (Wildman–Crippen LogP) is 7.28. The number of halogens is 4. The molecule has 0 unspecified atom stereocenters. The van der Waals surface area contributed by atoms with E-state index in [0.717, 1.165) is 39.6 Å². The van der Waals surface area contributed by atoms with Crippen molar-refractivity contribution in [2.75, 3.05) is 10.9 Å². The van der Waals surface area contributed by atoms with Crippen molar-refractivity contribution in [1.29, 1.82) is 0 Å². The summed E-state index contributed by atoms with van der Waals surface area (Å²) in [4.78, 5) is 4.26. The number of nitrogens with one attached hydrogen (secondary N) is 2. The standard InChI is InChI=1S/C25H25F4N3/c1-12-7-14(3)23(15(4)8-12)30-11-18-19(26)20(27)21(28)22(29)25(18)32-31-24-16(5)9-13(2)10-17(24)6/h7-11,31-32H,1-6H3. The lowest BCUT2D eigenvalue weighted by Gasteiger charge is -2.18. The van der Waals surface area contributed by atoms with Gasteiger partial charge in [0.15, 0.2) is 23.3 Å². The van der Waals surface area contributed by atoms with Crippen LogP contribution in [-0.2, 0) is 0 Å². The fourth-order valence-corrected chi connectivity index (χ4v) is 3.90. The lowest BCUT2D eigenvalue weighted by molar-refractivity contribution is 0.410. The van der Waals surface area contributed by atoms with Crippen LogP contribution in [0.1, 0.15) is 38.9 Å². The number of rotatable bonds is 5. The fraction of sp³-hybridized carbons (Fsp3) is 0.240. The van der Waals surface area contributed by atoms with Crippen molar-refractivity contribution in [3.8, 4) is 0 Å². The Balaban J connectivity index is 2.08. The summed E-state index contributed by atoms with van der Waals surface area (Å²) < 4.78 is 57.3. The number of hydrogen-bond acceptors (Lipinski definition) is 3. The zero-order valence-electron chi connectivity index (χ0n) is 18.8. The summed E-state index contributed by atoms with van der Waals surface area (Å²) in [6.45, 7) is 11.2. The quantitative estimate of drug-likeness (QED) is 0.143. The highest BCUT2D eigenvalue weighted by Gasteiger charge is 2.25. The summed E-state index contributed by atoms with van der Waals surface area (Å²) in [5.74, 6) is -6.87. The summed E-state index contributed by atoms with van der Waals surface area (Å²) in [5.41, 5.74) is 10.8. The molecule has 0 saturated heterocycles. The Labute approximate surface area is 185 Å². The molecule has 3 aromatic carbocycles. The van der Waals surface area contributed by atoms with Gasteiger partial charge >= 0.3 is 0 Å². The van der Waals surface area contributed by atoms with Gasteiger partial charge in [0.25, 0.3) is 0 Å². The van der Waals surface area contributed by atoms with E-state index in [2.05, 4.69) is 15.8 Å². The third-order valence-corrected chi connectivity index (χ3v) is 5.25. The number of aliphatic imine (C=N–C) groups is 1. The Hall–Kier alpha value is -3.35. The fourth-order valence-electron chi connectivity index (χ4n) is 3.90. The molecule has 3 rings (SSSR count). The van der Waals surface area contributed by atoms with Crippen molar-refractivity contribution < 1.29 is 17.6 Å². The highest BCUT2D eigenvalue weighted by molar-refractivity contribution is 5.91. The van der Waals surface area contributed by atoms with Crippen LogP contribution < -0.4 is 10.9 Å². The second-order valence-electron chi connectivity index (χ2n) is 8.07. The van der Waals surface area contributed by atoms with Crippen LogP contribution in [0.15, 0.2) is 29.3 Å². The summed E-state index contributed by atoms with van der Waals surface area (Å²) in [6.07, 6.45) is 1.00. The first-order valence-corrected chi connectivity index (χ1v) is 10.1. The minimum Gasteiger partial charge on any atom is -0.300 e. The van der Waals surface area contributed by atoms with E-state index in [-0.39, 0.29) is 0 Å². The summed E-state index contributed by atoms with van der Waals surface area (Å²) in [7, 11) is 0. The molecule has 3 nitrogen and oxygen atoms in total. The van der Waals surface area contributed by atoms with E-state index < -0.39 is 34.5 Å². The van der Waals surface area contributed by atoms with Gasteiger partial charge in [-0.3, -0.25) is 10.4 Å². The molecule has 32 heavy (non-hydrogen) atoms. The van der Waals surface area contributed by atoms with E-state index in [1.807, 2.05) is 65.8 Å². The zero-order valence-corrected chi connectivity index (χ0v) is 18.8. The van der Waals surface area contributed by atoms with Crippen LogP contribution in [0, 0.1) is 64.8 Å². The molecule has 0 fully saturated rings. The van der Waals surface area contributed by atoms with Gasteiger partial charge in [0.1, 0.15) is 5.69 Å². The second kappa shape index (κ2) is 9.02. The SMILES string of the molecule is Cc1cc(C)c(N=Cc2c(F)c(F)c(F)c(F)c2NNc2c(C)cc(C)cc2C)c(C)c1. The summed E-state index contributed by atoms with van der Waals surface area (Å²) >= 11 is 0.